The first-order valence-electron chi connectivity index (χ1n) is 8.44. The second-order valence-electron chi connectivity index (χ2n) is 7.41. The molecule has 20 heavy (non-hydrogen) atoms. The summed E-state index contributed by atoms with van der Waals surface area (Å²) in [4.78, 5) is 0. The molecule has 1 heterocycles. The van der Waals surface area contributed by atoms with E-state index in [0.29, 0.717) is 10.8 Å². The molecular formula is C17H36N2O. The van der Waals surface area contributed by atoms with Crippen molar-refractivity contribution in [2.45, 2.75) is 59.3 Å². The van der Waals surface area contributed by atoms with Crippen LogP contribution in [0.2, 0.25) is 0 Å². The number of hydrogen-bond donors (Lipinski definition) is 2. The molecule has 2 N–H and O–H groups in total. The molecule has 0 saturated carbocycles. The fourth-order valence-corrected chi connectivity index (χ4v) is 3.24. The zero-order valence-corrected chi connectivity index (χ0v) is 14.2. The minimum absolute atomic E-state index is 0.347. The maximum atomic E-state index is 5.48. The van der Waals surface area contributed by atoms with Crippen LogP contribution in [0.4, 0.5) is 0 Å². The number of nitrogens with one attached hydrogen (secondary N) is 2. The molecule has 1 saturated heterocycles. The molecule has 1 aliphatic heterocycles. The molecule has 0 amide bonds. The molecule has 0 bridgehead atoms. The highest BCUT2D eigenvalue weighted by molar-refractivity contribution is 4.87. The maximum absolute atomic E-state index is 5.48. The van der Waals surface area contributed by atoms with Crippen molar-refractivity contribution in [1.82, 2.24) is 10.6 Å². The van der Waals surface area contributed by atoms with Crippen LogP contribution in [0.15, 0.2) is 0 Å². The molecule has 0 aromatic rings. The van der Waals surface area contributed by atoms with Gasteiger partial charge in [0.2, 0.25) is 0 Å². The fourth-order valence-electron chi connectivity index (χ4n) is 3.24. The number of hydrogen-bond acceptors (Lipinski definition) is 3. The Bertz CT molecular complexity index is 242. The Balaban J connectivity index is 2.32. The van der Waals surface area contributed by atoms with Crippen molar-refractivity contribution in [2.75, 3.05) is 39.9 Å². The summed E-state index contributed by atoms with van der Waals surface area (Å²) in [6.45, 7) is 12.4. The molecule has 3 nitrogen and oxygen atoms in total. The molecule has 1 aliphatic rings. The zero-order chi connectivity index (χ0) is 14.9. The summed E-state index contributed by atoms with van der Waals surface area (Å²) in [6, 6.07) is 0. The lowest BCUT2D eigenvalue weighted by molar-refractivity contribution is 0.0516. The summed E-state index contributed by atoms with van der Waals surface area (Å²) in [5.41, 5.74) is 0.760. The predicted molar refractivity (Wildman–Crippen MR) is 87.2 cm³/mol. The second kappa shape index (κ2) is 9.01. The van der Waals surface area contributed by atoms with E-state index < -0.39 is 0 Å². The summed E-state index contributed by atoms with van der Waals surface area (Å²) in [5, 5.41) is 7.20. The molecular weight excluding hydrogens is 248 g/mol. The van der Waals surface area contributed by atoms with E-state index in [4.69, 9.17) is 4.74 Å². The maximum Gasteiger partial charge on any atom is 0.0531 e. The minimum atomic E-state index is 0.347. The monoisotopic (exact) mass is 284 g/mol. The Morgan fingerprint density at radius 2 is 1.90 bits per heavy atom. The van der Waals surface area contributed by atoms with Crippen LogP contribution in [0, 0.1) is 10.8 Å². The van der Waals surface area contributed by atoms with Gasteiger partial charge in [0, 0.05) is 25.6 Å². The Hall–Kier alpha value is -0.120. The van der Waals surface area contributed by atoms with E-state index in [1.165, 1.54) is 38.5 Å². The third-order valence-corrected chi connectivity index (χ3v) is 4.68. The highest BCUT2D eigenvalue weighted by Gasteiger charge is 2.32. The van der Waals surface area contributed by atoms with Gasteiger partial charge in [-0.25, -0.2) is 0 Å². The molecule has 0 unspecified atom stereocenters. The molecule has 3 heteroatoms. The van der Waals surface area contributed by atoms with Gasteiger partial charge in [-0.05, 0) is 37.8 Å². The average Bonchev–Trinajstić information content (AvgIpc) is 2.40. The summed E-state index contributed by atoms with van der Waals surface area (Å²) in [6.07, 6.45) is 7.81. The normalized spacial score (nSPS) is 19.2. The standard InChI is InChI=1S/C17H36N2O/c1-5-6-7-8-16(2,3)13-19-14-17(15-20-4)9-11-18-12-10-17/h18-19H,5-15H2,1-4H3. The van der Waals surface area contributed by atoms with Crippen molar-refractivity contribution in [2.24, 2.45) is 10.8 Å². The van der Waals surface area contributed by atoms with E-state index in [0.717, 1.165) is 32.8 Å². The molecule has 0 aliphatic carbocycles. The second-order valence-corrected chi connectivity index (χ2v) is 7.41. The first-order valence-corrected chi connectivity index (χ1v) is 8.44. The topological polar surface area (TPSA) is 33.3 Å². The molecule has 0 atom stereocenters. The molecule has 1 fully saturated rings. The molecule has 0 aromatic carbocycles. The Labute approximate surface area is 126 Å². The van der Waals surface area contributed by atoms with Crippen LogP contribution in [-0.2, 0) is 4.74 Å². The Morgan fingerprint density at radius 1 is 1.20 bits per heavy atom. The van der Waals surface area contributed by atoms with Gasteiger partial charge in [-0.2, -0.15) is 0 Å². The molecule has 120 valence electrons. The lowest BCUT2D eigenvalue weighted by Crippen LogP contribution is -2.47. The minimum Gasteiger partial charge on any atom is -0.384 e. The van der Waals surface area contributed by atoms with E-state index in [2.05, 4.69) is 31.4 Å². The number of unbranched alkanes of at least 4 members (excludes halogenated alkanes) is 2. The molecule has 0 spiro atoms. The van der Waals surface area contributed by atoms with E-state index >= 15 is 0 Å². The van der Waals surface area contributed by atoms with Crippen LogP contribution in [0.1, 0.15) is 59.3 Å². The van der Waals surface area contributed by atoms with Gasteiger partial charge in [0.05, 0.1) is 6.61 Å². The van der Waals surface area contributed by atoms with Crippen molar-refractivity contribution in [3.63, 3.8) is 0 Å². The zero-order valence-electron chi connectivity index (χ0n) is 14.2. The van der Waals surface area contributed by atoms with Crippen molar-refractivity contribution in [3.05, 3.63) is 0 Å². The van der Waals surface area contributed by atoms with Crippen LogP contribution in [0.25, 0.3) is 0 Å². The summed E-state index contributed by atoms with van der Waals surface area (Å²) >= 11 is 0. The molecule has 0 aromatic heterocycles. The third kappa shape index (κ3) is 6.55. The van der Waals surface area contributed by atoms with Crippen LogP contribution >= 0.6 is 0 Å². The van der Waals surface area contributed by atoms with Gasteiger partial charge in [-0.1, -0.05) is 40.0 Å². The molecule has 0 radical (unpaired) electrons. The molecule has 1 rings (SSSR count). The quantitative estimate of drug-likeness (QED) is 0.604. The SMILES string of the molecule is CCCCCC(C)(C)CNCC1(COC)CCNCC1. The highest BCUT2D eigenvalue weighted by Crippen LogP contribution is 2.29. The van der Waals surface area contributed by atoms with E-state index in [1.54, 1.807) is 0 Å². The third-order valence-electron chi connectivity index (χ3n) is 4.68. The predicted octanol–water partition coefficient (Wildman–Crippen LogP) is 3.20. The van der Waals surface area contributed by atoms with Crippen molar-refractivity contribution in [3.8, 4) is 0 Å². The van der Waals surface area contributed by atoms with Crippen LogP contribution in [-0.4, -0.2) is 39.9 Å². The van der Waals surface area contributed by atoms with Gasteiger partial charge in [0.1, 0.15) is 0 Å². The van der Waals surface area contributed by atoms with Gasteiger partial charge >= 0.3 is 0 Å². The highest BCUT2D eigenvalue weighted by atomic mass is 16.5. The lowest BCUT2D eigenvalue weighted by Gasteiger charge is -2.38. The van der Waals surface area contributed by atoms with Gasteiger partial charge < -0.3 is 15.4 Å². The first kappa shape index (κ1) is 17.9. The largest absolute Gasteiger partial charge is 0.384 e. The van der Waals surface area contributed by atoms with E-state index in [9.17, 15) is 0 Å². The number of ether oxygens (including phenoxy) is 1. The fraction of sp³-hybridized carbons (Fsp3) is 1.00. The summed E-state index contributed by atoms with van der Waals surface area (Å²) in [7, 11) is 1.83. The van der Waals surface area contributed by atoms with Crippen molar-refractivity contribution in [1.29, 1.82) is 0 Å². The van der Waals surface area contributed by atoms with Gasteiger partial charge in [-0.3, -0.25) is 0 Å². The van der Waals surface area contributed by atoms with Crippen molar-refractivity contribution >= 4 is 0 Å². The smallest absolute Gasteiger partial charge is 0.0531 e. The first-order chi connectivity index (χ1) is 9.54. The van der Waals surface area contributed by atoms with Crippen LogP contribution < -0.4 is 10.6 Å². The number of rotatable bonds is 10. The Kier molecular flexibility index (Phi) is 8.08. The number of piperidine rings is 1. The Morgan fingerprint density at radius 3 is 2.50 bits per heavy atom. The van der Waals surface area contributed by atoms with Gasteiger partial charge in [0.25, 0.3) is 0 Å². The van der Waals surface area contributed by atoms with Crippen LogP contribution in [0.3, 0.4) is 0 Å². The van der Waals surface area contributed by atoms with Crippen LogP contribution in [0.5, 0.6) is 0 Å². The lowest BCUT2D eigenvalue weighted by atomic mass is 9.79. The van der Waals surface area contributed by atoms with Crippen molar-refractivity contribution < 1.29 is 4.74 Å². The van der Waals surface area contributed by atoms with E-state index in [1.807, 2.05) is 7.11 Å². The summed E-state index contributed by atoms with van der Waals surface area (Å²) < 4.78 is 5.48. The van der Waals surface area contributed by atoms with Gasteiger partial charge in [0.15, 0.2) is 0 Å². The van der Waals surface area contributed by atoms with E-state index in [-0.39, 0.29) is 0 Å². The summed E-state index contributed by atoms with van der Waals surface area (Å²) in [5.74, 6) is 0. The van der Waals surface area contributed by atoms with Gasteiger partial charge in [-0.15, -0.1) is 0 Å². The average molecular weight is 284 g/mol. The number of methoxy groups -OCH3 is 1.